The van der Waals surface area contributed by atoms with E-state index in [0.29, 0.717) is 11.1 Å². The van der Waals surface area contributed by atoms with Crippen molar-refractivity contribution in [2.45, 2.75) is 19.8 Å². The summed E-state index contributed by atoms with van der Waals surface area (Å²) in [5.74, 6) is -0.362. The van der Waals surface area contributed by atoms with Crippen molar-refractivity contribution in [2.75, 3.05) is 0 Å². The first-order chi connectivity index (χ1) is 6.57. The van der Waals surface area contributed by atoms with Gasteiger partial charge in [-0.3, -0.25) is 4.79 Å². The minimum Gasteiger partial charge on any atom is -0.366 e. The van der Waals surface area contributed by atoms with Gasteiger partial charge in [0.1, 0.15) is 0 Å². The number of benzene rings is 1. The number of carbonyl (C=O) groups excluding carboxylic acids is 1. The van der Waals surface area contributed by atoms with E-state index in [1.54, 1.807) is 18.2 Å². The van der Waals surface area contributed by atoms with Crippen LogP contribution >= 0.6 is 0 Å². The van der Waals surface area contributed by atoms with Crippen LogP contribution < -0.4 is 5.73 Å². The first-order valence-electron chi connectivity index (χ1n) is 4.40. The third-order valence-electron chi connectivity index (χ3n) is 2.07. The molecule has 0 aliphatic rings. The smallest absolute Gasteiger partial charge is 0.249 e. The van der Waals surface area contributed by atoms with Crippen LogP contribution in [-0.4, -0.2) is 5.91 Å². The molecule has 1 aromatic rings. The van der Waals surface area contributed by atoms with E-state index >= 15 is 0 Å². The summed E-state index contributed by atoms with van der Waals surface area (Å²) in [4.78, 5) is 11.1. The van der Waals surface area contributed by atoms with Gasteiger partial charge >= 0.3 is 0 Å². The summed E-state index contributed by atoms with van der Waals surface area (Å²) in [7, 11) is 0. The van der Waals surface area contributed by atoms with Crippen LogP contribution in [0.3, 0.4) is 0 Å². The van der Waals surface area contributed by atoms with Gasteiger partial charge in [0.25, 0.3) is 0 Å². The van der Waals surface area contributed by atoms with Gasteiger partial charge in [-0.05, 0) is 23.6 Å². The SMILES string of the molecule is CC(C)c1c(C#N)cccc1C(N)=O. The van der Waals surface area contributed by atoms with Gasteiger partial charge in [-0.2, -0.15) is 5.26 Å². The van der Waals surface area contributed by atoms with Crippen LogP contribution in [0.1, 0.15) is 41.3 Å². The molecule has 0 atom stereocenters. The van der Waals surface area contributed by atoms with E-state index < -0.39 is 5.91 Å². The summed E-state index contributed by atoms with van der Waals surface area (Å²) in [5, 5.41) is 8.87. The van der Waals surface area contributed by atoms with E-state index in [1.165, 1.54) is 0 Å². The maximum atomic E-state index is 11.1. The highest BCUT2D eigenvalue weighted by Crippen LogP contribution is 2.22. The van der Waals surface area contributed by atoms with Gasteiger partial charge in [-0.1, -0.05) is 19.9 Å². The van der Waals surface area contributed by atoms with Gasteiger partial charge in [0.05, 0.1) is 11.6 Å². The summed E-state index contributed by atoms with van der Waals surface area (Å²) < 4.78 is 0. The largest absolute Gasteiger partial charge is 0.366 e. The predicted molar refractivity (Wildman–Crippen MR) is 53.8 cm³/mol. The first kappa shape index (κ1) is 10.3. The summed E-state index contributed by atoms with van der Waals surface area (Å²) in [6.45, 7) is 3.87. The monoisotopic (exact) mass is 188 g/mol. The Morgan fingerprint density at radius 1 is 1.50 bits per heavy atom. The molecule has 0 bridgehead atoms. The van der Waals surface area contributed by atoms with Gasteiger partial charge < -0.3 is 5.73 Å². The molecule has 1 amide bonds. The number of hydrogen-bond donors (Lipinski definition) is 1. The van der Waals surface area contributed by atoms with Gasteiger partial charge in [-0.15, -0.1) is 0 Å². The molecule has 3 nitrogen and oxygen atoms in total. The second-order valence-electron chi connectivity index (χ2n) is 3.40. The summed E-state index contributed by atoms with van der Waals surface area (Å²) >= 11 is 0. The Bertz CT molecular complexity index is 402. The zero-order valence-electron chi connectivity index (χ0n) is 8.24. The third kappa shape index (κ3) is 1.74. The van der Waals surface area contributed by atoms with E-state index in [1.807, 2.05) is 13.8 Å². The average Bonchev–Trinajstić information content (AvgIpc) is 2.16. The topological polar surface area (TPSA) is 66.9 Å². The summed E-state index contributed by atoms with van der Waals surface area (Å²) in [5.41, 5.74) is 6.93. The lowest BCUT2D eigenvalue weighted by Gasteiger charge is -2.11. The molecule has 1 aromatic carbocycles. The van der Waals surface area contributed by atoms with Crippen LogP contribution in [0.2, 0.25) is 0 Å². The molecule has 0 aliphatic heterocycles. The quantitative estimate of drug-likeness (QED) is 0.768. The Balaban J connectivity index is 3.45. The summed E-state index contributed by atoms with van der Waals surface area (Å²) in [6.07, 6.45) is 0. The molecule has 72 valence electrons. The molecule has 0 unspecified atom stereocenters. The zero-order chi connectivity index (χ0) is 10.7. The molecule has 0 saturated carbocycles. The van der Waals surface area contributed by atoms with E-state index in [-0.39, 0.29) is 5.92 Å². The fraction of sp³-hybridized carbons (Fsp3) is 0.273. The second kappa shape index (κ2) is 3.93. The van der Waals surface area contributed by atoms with E-state index in [2.05, 4.69) is 6.07 Å². The molecule has 0 aromatic heterocycles. The van der Waals surface area contributed by atoms with Gasteiger partial charge in [-0.25, -0.2) is 0 Å². The normalized spacial score (nSPS) is 9.86. The third-order valence-corrected chi connectivity index (χ3v) is 2.07. The Hall–Kier alpha value is -1.82. The molecule has 2 N–H and O–H groups in total. The lowest BCUT2D eigenvalue weighted by Crippen LogP contribution is -2.15. The minimum absolute atomic E-state index is 0.119. The van der Waals surface area contributed by atoms with Crippen LogP contribution in [0.4, 0.5) is 0 Å². The highest BCUT2D eigenvalue weighted by atomic mass is 16.1. The van der Waals surface area contributed by atoms with Crippen molar-refractivity contribution in [1.82, 2.24) is 0 Å². The van der Waals surface area contributed by atoms with E-state index in [4.69, 9.17) is 11.0 Å². The Morgan fingerprint density at radius 2 is 2.14 bits per heavy atom. The lowest BCUT2D eigenvalue weighted by molar-refractivity contribution is 0.0999. The molecule has 0 radical (unpaired) electrons. The van der Waals surface area contributed by atoms with Crippen molar-refractivity contribution >= 4 is 5.91 Å². The van der Waals surface area contributed by atoms with E-state index in [9.17, 15) is 4.79 Å². The average molecular weight is 188 g/mol. The van der Waals surface area contributed by atoms with E-state index in [0.717, 1.165) is 5.56 Å². The van der Waals surface area contributed by atoms with Gasteiger partial charge in [0.2, 0.25) is 5.91 Å². The van der Waals surface area contributed by atoms with Crippen molar-refractivity contribution in [3.05, 3.63) is 34.9 Å². The van der Waals surface area contributed by atoms with Gasteiger partial charge in [0.15, 0.2) is 0 Å². The van der Waals surface area contributed by atoms with Crippen LogP contribution in [0.15, 0.2) is 18.2 Å². The molecule has 0 heterocycles. The Labute approximate surface area is 83.2 Å². The number of nitriles is 1. The lowest BCUT2D eigenvalue weighted by atomic mass is 9.92. The zero-order valence-corrected chi connectivity index (χ0v) is 8.24. The van der Waals surface area contributed by atoms with Crippen LogP contribution in [0.5, 0.6) is 0 Å². The molecule has 14 heavy (non-hydrogen) atoms. The fourth-order valence-corrected chi connectivity index (χ4v) is 1.50. The van der Waals surface area contributed by atoms with Crippen LogP contribution in [0.25, 0.3) is 0 Å². The molecule has 0 spiro atoms. The Morgan fingerprint density at radius 3 is 2.57 bits per heavy atom. The number of nitrogens with zero attached hydrogens (tertiary/aromatic N) is 1. The maximum Gasteiger partial charge on any atom is 0.249 e. The molecule has 0 saturated heterocycles. The molecule has 0 aliphatic carbocycles. The molecule has 3 heteroatoms. The second-order valence-corrected chi connectivity index (χ2v) is 3.40. The van der Waals surface area contributed by atoms with Crippen molar-refractivity contribution in [1.29, 1.82) is 5.26 Å². The summed E-state index contributed by atoms with van der Waals surface area (Å²) in [6, 6.07) is 7.08. The first-order valence-corrected chi connectivity index (χ1v) is 4.40. The number of amides is 1. The highest BCUT2D eigenvalue weighted by molar-refractivity contribution is 5.95. The van der Waals surface area contributed by atoms with Gasteiger partial charge in [0, 0.05) is 5.56 Å². The number of nitrogens with two attached hydrogens (primary N) is 1. The van der Waals surface area contributed by atoms with Crippen LogP contribution in [-0.2, 0) is 0 Å². The molecule has 1 rings (SSSR count). The van der Waals surface area contributed by atoms with Crippen molar-refractivity contribution in [3.63, 3.8) is 0 Å². The van der Waals surface area contributed by atoms with Crippen molar-refractivity contribution < 1.29 is 4.79 Å². The number of hydrogen-bond acceptors (Lipinski definition) is 2. The number of carbonyl (C=O) groups is 1. The van der Waals surface area contributed by atoms with Crippen molar-refractivity contribution in [3.8, 4) is 6.07 Å². The minimum atomic E-state index is -0.481. The van der Waals surface area contributed by atoms with Crippen molar-refractivity contribution in [2.24, 2.45) is 5.73 Å². The van der Waals surface area contributed by atoms with Crippen LogP contribution in [0, 0.1) is 11.3 Å². The molecule has 0 fully saturated rings. The number of rotatable bonds is 2. The predicted octanol–water partition coefficient (Wildman–Crippen LogP) is 1.78. The molecular weight excluding hydrogens is 176 g/mol. The Kier molecular flexibility index (Phi) is 2.88. The maximum absolute atomic E-state index is 11.1. The standard InChI is InChI=1S/C11H12N2O/c1-7(2)10-8(6-12)4-3-5-9(10)11(13)14/h3-5,7H,1-2H3,(H2,13,14). The molecular formula is C11H12N2O. The fourth-order valence-electron chi connectivity index (χ4n) is 1.50. The highest BCUT2D eigenvalue weighted by Gasteiger charge is 2.14. The number of primary amides is 1.